The van der Waals surface area contributed by atoms with Gasteiger partial charge in [-0.1, -0.05) is 37.3 Å². The molecule has 1 aromatic rings. The van der Waals surface area contributed by atoms with Gasteiger partial charge in [0.1, 0.15) is 0 Å². The molecule has 0 aliphatic heterocycles. The Morgan fingerprint density at radius 3 is 2.27 bits per heavy atom. The Bertz CT molecular complexity index is 282. The van der Waals surface area contributed by atoms with Crippen molar-refractivity contribution in [2.75, 3.05) is 0 Å². The fraction of sp³-hybridized carbons (Fsp3) is 0.455. The third kappa shape index (κ3) is 3.91. The Labute approximate surface area is 86.9 Å². The summed E-state index contributed by atoms with van der Waals surface area (Å²) in [6.07, 6.45) is -6.00. The van der Waals surface area contributed by atoms with Gasteiger partial charge in [0.25, 0.3) is 0 Å². The highest BCUT2D eigenvalue weighted by molar-refractivity contribution is 5.13. The van der Waals surface area contributed by atoms with E-state index in [0.717, 1.165) is 5.56 Å². The van der Waals surface area contributed by atoms with Crippen LogP contribution < -0.4 is 0 Å². The summed E-state index contributed by atoms with van der Waals surface area (Å²) in [4.78, 5) is 0. The molecule has 1 atom stereocenters. The second-order valence-electron chi connectivity index (χ2n) is 3.24. The highest BCUT2D eigenvalue weighted by atomic mass is 19.4. The number of rotatable bonds is 4. The first kappa shape index (κ1) is 12.0. The van der Waals surface area contributed by atoms with Gasteiger partial charge in [-0.2, -0.15) is 13.2 Å². The number of alkyl halides is 3. The SMILES string of the molecule is CC[C@H](OCc1ccccc1)C(F)(F)F. The summed E-state index contributed by atoms with van der Waals surface area (Å²) in [5, 5.41) is 0. The topological polar surface area (TPSA) is 9.23 Å². The van der Waals surface area contributed by atoms with Crippen molar-refractivity contribution in [1.29, 1.82) is 0 Å². The second kappa shape index (κ2) is 5.16. The number of hydrogen-bond donors (Lipinski definition) is 0. The minimum absolute atomic E-state index is 0.00113. The van der Waals surface area contributed by atoms with E-state index in [1.54, 1.807) is 24.3 Å². The minimum atomic E-state index is -4.27. The molecule has 0 N–H and O–H groups in total. The normalized spacial score (nSPS) is 13.9. The molecule has 1 nitrogen and oxygen atoms in total. The zero-order valence-corrected chi connectivity index (χ0v) is 8.42. The highest BCUT2D eigenvalue weighted by Gasteiger charge is 2.39. The lowest BCUT2D eigenvalue weighted by atomic mass is 10.2. The highest BCUT2D eigenvalue weighted by Crippen LogP contribution is 2.25. The Morgan fingerprint density at radius 2 is 1.80 bits per heavy atom. The summed E-state index contributed by atoms with van der Waals surface area (Å²) in [6, 6.07) is 8.83. The molecular formula is C11H13F3O. The minimum Gasteiger partial charge on any atom is -0.364 e. The lowest BCUT2D eigenvalue weighted by Gasteiger charge is -2.19. The maximum atomic E-state index is 12.3. The van der Waals surface area contributed by atoms with Crippen molar-refractivity contribution in [3.05, 3.63) is 35.9 Å². The molecule has 0 aliphatic rings. The average Bonchev–Trinajstić information content (AvgIpc) is 2.18. The number of hydrogen-bond acceptors (Lipinski definition) is 1. The Balaban J connectivity index is 2.49. The van der Waals surface area contributed by atoms with Crippen LogP contribution in [0.15, 0.2) is 30.3 Å². The largest absolute Gasteiger partial charge is 0.414 e. The molecule has 0 saturated heterocycles. The van der Waals surface area contributed by atoms with Crippen LogP contribution in [0.4, 0.5) is 13.2 Å². The van der Waals surface area contributed by atoms with Gasteiger partial charge in [0.15, 0.2) is 6.10 Å². The van der Waals surface area contributed by atoms with Crippen LogP contribution in [0.5, 0.6) is 0 Å². The van der Waals surface area contributed by atoms with Gasteiger partial charge in [-0.25, -0.2) is 0 Å². The number of halogens is 3. The summed E-state index contributed by atoms with van der Waals surface area (Å²) < 4.78 is 41.7. The predicted octanol–water partition coefficient (Wildman–Crippen LogP) is 3.54. The Morgan fingerprint density at radius 1 is 1.20 bits per heavy atom. The van der Waals surface area contributed by atoms with Gasteiger partial charge in [-0.05, 0) is 12.0 Å². The molecule has 1 aromatic carbocycles. The van der Waals surface area contributed by atoms with Crippen LogP contribution in [-0.4, -0.2) is 12.3 Å². The molecule has 84 valence electrons. The first-order valence-corrected chi connectivity index (χ1v) is 4.76. The zero-order valence-electron chi connectivity index (χ0n) is 8.42. The van der Waals surface area contributed by atoms with Crippen molar-refractivity contribution in [1.82, 2.24) is 0 Å². The van der Waals surface area contributed by atoms with E-state index in [4.69, 9.17) is 4.74 Å². The maximum absolute atomic E-state index is 12.3. The maximum Gasteiger partial charge on any atom is 0.414 e. The van der Waals surface area contributed by atoms with E-state index in [1.165, 1.54) is 6.92 Å². The molecule has 0 unspecified atom stereocenters. The molecule has 1 rings (SSSR count). The Hall–Kier alpha value is -1.03. The fourth-order valence-electron chi connectivity index (χ4n) is 1.21. The van der Waals surface area contributed by atoms with E-state index in [1.807, 2.05) is 6.07 Å². The molecule has 4 heteroatoms. The van der Waals surface area contributed by atoms with Crippen molar-refractivity contribution in [2.24, 2.45) is 0 Å². The summed E-state index contributed by atoms with van der Waals surface area (Å²) in [5.41, 5.74) is 0.750. The van der Waals surface area contributed by atoms with E-state index in [2.05, 4.69) is 0 Å². The van der Waals surface area contributed by atoms with Gasteiger partial charge >= 0.3 is 6.18 Å². The molecule has 0 radical (unpaired) electrons. The first-order valence-electron chi connectivity index (χ1n) is 4.76. The van der Waals surface area contributed by atoms with E-state index >= 15 is 0 Å². The van der Waals surface area contributed by atoms with Crippen LogP contribution in [-0.2, 0) is 11.3 Å². The van der Waals surface area contributed by atoms with Gasteiger partial charge in [-0.15, -0.1) is 0 Å². The lowest BCUT2D eigenvalue weighted by Crippen LogP contribution is -2.30. The van der Waals surface area contributed by atoms with Gasteiger partial charge in [0, 0.05) is 0 Å². The van der Waals surface area contributed by atoms with Gasteiger partial charge in [0.05, 0.1) is 6.61 Å². The number of ether oxygens (including phenoxy) is 1. The van der Waals surface area contributed by atoms with Crippen molar-refractivity contribution < 1.29 is 17.9 Å². The molecule has 15 heavy (non-hydrogen) atoms. The van der Waals surface area contributed by atoms with Crippen molar-refractivity contribution in [3.8, 4) is 0 Å². The van der Waals surface area contributed by atoms with Crippen LogP contribution in [0.25, 0.3) is 0 Å². The van der Waals surface area contributed by atoms with Crippen LogP contribution in [0.3, 0.4) is 0 Å². The Kier molecular flexibility index (Phi) is 4.15. The molecule has 0 fully saturated rings. The van der Waals surface area contributed by atoms with Crippen LogP contribution >= 0.6 is 0 Å². The van der Waals surface area contributed by atoms with Gasteiger partial charge in [-0.3, -0.25) is 0 Å². The van der Waals surface area contributed by atoms with Gasteiger partial charge < -0.3 is 4.74 Å². The molecular weight excluding hydrogens is 205 g/mol. The summed E-state index contributed by atoms with van der Waals surface area (Å²) in [5.74, 6) is 0. The van der Waals surface area contributed by atoms with E-state index in [0.29, 0.717) is 0 Å². The summed E-state index contributed by atoms with van der Waals surface area (Å²) in [7, 11) is 0. The molecule has 0 bridgehead atoms. The number of benzene rings is 1. The van der Waals surface area contributed by atoms with Crippen molar-refractivity contribution in [2.45, 2.75) is 32.2 Å². The lowest BCUT2D eigenvalue weighted by molar-refractivity contribution is -0.224. The third-order valence-corrected chi connectivity index (χ3v) is 2.03. The smallest absolute Gasteiger partial charge is 0.364 e. The molecule has 0 heterocycles. The van der Waals surface area contributed by atoms with E-state index in [-0.39, 0.29) is 13.0 Å². The third-order valence-electron chi connectivity index (χ3n) is 2.03. The quantitative estimate of drug-likeness (QED) is 0.751. The van der Waals surface area contributed by atoms with Crippen molar-refractivity contribution >= 4 is 0 Å². The second-order valence-corrected chi connectivity index (χ2v) is 3.24. The summed E-state index contributed by atoms with van der Waals surface area (Å²) >= 11 is 0. The predicted molar refractivity (Wildman–Crippen MR) is 51.4 cm³/mol. The molecule has 0 spiro atoms. The standard InChI is InChI=1S/C11H13F3O/c1-2-10(11(12,13)14)15-8-9-6-4-3-5-7-9/h3-7,10H,2,8H2,1H3/t10-/m0/s1. The monoisotopic (exact) mass is 218 g/mol. The molecule has 0 saturated carbocycles. The van der Waals surface area contributed by atoms with Crippen LogP contribution in [0.1, 0.15) is 18.9 Å². The average molecular weight is 218 g/mol. The molecule has 0 aromatic heterocycles. The van der Waals surface area contributed by atoms with E-state index in [9.17, 15) is 13.2 Å². The first-order chi connectivity index (χ1) is 7.04. The summed E-state index contributed by atoms with van der Waals surface area (Å²) in [6.45, 7) is 1.46. The molecule has 0 aliphatic carbocycles. The van der Waals surface area contributed by atoms with E-state index < -0.39 is 12.3 Å². The van der Waals surface area contributed by atoms with Crippen LogP contribution in [0.2, 0.25) is 0 Å². The van der Waals surface area contributed by atoms with Crippen LogP contribution in [0, 0.1) is 0 Å². The van der Waals surface area contributed by atoms with Gasteiger partial charge in [0.2, 0.25) is 0 Å². The molecule has 0 amide bonds. The van der Waals surface area contributed by atoms with Crippen molar-refractivity contribution in [3.63, 3.8) is 0 Å². The zero-order chi connectivity index (χ0) is 11.3. The fourth-order valence-corrected chi connectivity index (χ4v) is 1.21.